The quantitative estimate of drug-likeness (QED) is 0.804. The molecular formula is C12H14BrF4N. The third-order valence-electron chi connectivity index (χ3n) is 2.45. The van der Waals surface area contributed by atoms with Gasteiger partial charge in [-0.1, -0.05) is 28.9 Å². The first-order valence-electron chi connectivity index (χ1n) is 5.56. The van der Waals surface area contributed by atoms with E-state index in [4.69, 9.17) is 0 Å². The van der Waals surface area contributed by atoms with Gasteiger partial charge in [0.2, 0.25) is 0 Å². The maximum atomic E-state index is 13.5. The van der Waals surface area contributed by atoms with Crippen LogP contribution in [0.25, 0.3) is 0 Å². The van der Waals surface area contributed by atoms with Crippen LogP contribution in [-0.4, -0.2) is 18.8 Å². The summed E-state index contributed by atoms with van der Waals surface area (Å²) in [5, 5.41) is 2.73. The van der Waals surface area contributed by atoms with Crippen molar-refractivity contribution in [1.82, 2.24) is 5.32 Å². The van der Waals surface area contributed by atoms with E-state index in [2.05, 4.69) is 21.2 Å². The van der Waals surface area contributed by atoms with Gasteiger partial charge in [-0.3, -0.25) is 0 Å². The van der Waals surface area contributed by atoms with E-state index in [-0.39, 0.29) is 12.0 Å². The topological polar surface area (TPSA) is 12.0 Å². The van der Waals surface area contributed by atoms with Gasteiger partial charge in [-0.2, -0.15) is 13.2 Å². The molecule has 0 radical (unpaired) electrons. The smallest absolute Gasteiger partial charge is 0.314 e. The molecular weight excluding hydrogens is 314 g/mol. The standard InChI is InChI=1S/C12H14BrF4N/c1-2-18-10(7-12(15,16)17)5-8-3-4-9(13)6-11(8)14/h3-4,6,10,18H,2,5,7H2,1H3. The van der Waals surface area contributed by atoms with Gasteiger partial charge in [-0.05, 0) is 30.7 Å². The van der Waals surface area contributed by atoms with E-state index in [1.54, 1.807) is 13.0 Å². The number of benzene rings is 1. The lowest BCUT2D eigenvalue weighted by molar-refractivity contribution is -0.139. The van der Waals surface area contributed by atoms with Crippen LogP contribution in [0.1, 0.15) is 18.9 Å². The Morgan fingerprint density at radius 3 is 2.50 bits per heavy atom. The average molecular weight is 328 g/mol. The summed E-state index contributed by atoms with van der Waals surface area (Å²) in [6.45, 7) is 2.14. The fourth-order valence-electron chi connectivity index (χ4n) is 1.74. The highest BCUT2D eigenvalue weighted by Gasteiger charge is 2.31. The Bertz CT molecular complexity index is 392. The molecule has 0 aliphatic carbocycles. The van der Waals surface area contributed by atoms with Crippen LogP contribution in [-0.2, 0) is 6.42 Å². The number of likely N-dealkylation sites (N-methyl/N-ethyl adjacent to an activating group) is 1. The predicted molar refractivity (Wildman–Crippen MR) is 65.9 cm³/mol. The van der Waals surface area contributed by atoms with Crippen LogP contribution in [0.2, 0.25) is 0 Å². The molecule has 0 heterocycles. The molecule has 1 aromatic rings. The van der Waals surface area contributed by atoms with Crippen molar-refractivity contribution in [2.24, 2.45) is 0 Å². The van der Waals surface area contributed by atoms with Crippen LogP contribution in [0, 0.1) is 5.82 Å². The first kappa shape index (κ1) is 15.4. The molecule has 6 heteroatoms. The number of halogens is 5. The van der Waals surface area contributed by atoms with Crippen LogP contribution in [0.5, 0.6) is 0 Å². The molecule has 0 saturated heterocycles. The van der Waals surface area contributed by atoms with Crippen LogP contribution in [0.4, 0.5) is 17.6 Å². The van der Waals surface area contributed by atoms with Gasteiger partial charge in [0.15, 0.2) is 0 Å². The molecule has 1 N–H and O–H groups in total. The second-order valence-corrected chi connectivity index (χ2v) is 4.93. The monoisotopic (exact) mass is 327 g/mol. The minimum absolute atomic E-state index is 0.0203. The molecule has 0 bridgehead atoms. The molecule has 0 spiro atoms. The first-order valence-corrected chi connectivity index (χ1v) is 6.35. The molecule has 1 rings (SSSR count). The van der Waals surface area contributed by atoms with Crippen molar-refractivity contribution >= 4 is 15.9 Å². The van der Waals surface area contributed by atoms with Gasteiger partial charge in [-0.15, -0.1) is 0 Å². The average Bonchev–Trinajstić information content (AvgIpc) is 2.20. The Labute approximate surface area is 112 Å². The Balaban J connectivity index is 2.76. The third kappa shape index (κ3) is 5.35. The predicted octanol–water partition coefficient (Wildman–Crippen LogP) is 4.06. The SMILES string of the molecule is CCNC(Cc1ccc(Br)cc1F)CC(F)(F)F. The van der Waals surface area contributed by atoms with Crippen LogP contribution >= 0.6 is 15.9 Å². The molecule has 0 aliphatic rings. The molecule has 0 fully saturated rings. The number of nitrogens with one attached hydrogen (secondary N) is 1. The van der Waals surface area contributed by atoms with E-state index < -0.39 is 24.5 Å². The van der Waals surface area contributed by atoms with Crippen molar-refractivity contribution in [1.29, 1.82) is 0 Å². The summed E-state index contributed by atoms with van der Waals surface area (Å²) < 4.78 is 51.2. The number of alkyl halides is 3. The Morgan fingerprint density at radius 1 is 1.33 bits per heavy atom. The van der Waals surface area contributed by atoms with Gasteiger partial charge < -0.3 is 5.32 Å². The maximum Gasteiger partial charge on any atom is 0.390 e. The van der Waals surface area contributed by atoms with E-state index in [1.165, 1.54) is 12.1 Å². The summed E-state index contributed by atoms with van der Waals surface area (Å²) in [4.78, 5) is 0. The van der Waals surface area contributed by atoms with E-state index in [0.29, 0.717) is 11.0 Å². The van der Waals surface area contributed by atoms with E-state index in [0.717, 1.165) is 0 Å². The summed E-state index contributed by atoms with van der Waals surface area (Å²) in [6.07, 6.45) is -5.19. The molecule has 1 atom stereocenters. The van der Waals surface area contributed by atoms with Gasteiger partial charge in [-0.25, -0.2) is 4.39 Å². The normalized spacial score (nSPS) is 13.7. The molecule has 18 heavy (non-hydrogen) atoms. The van der Waals surface area contributed by atoms with Crippen molar-refractivity contribution in [3.63, 3.8) is 0 Å². The fourth-order valence-corrected chi connectivity index (χ4v) is 2.07. The zero-order valence-electron chi connectivity index (χ0n) is 9.82. The molecule has 1 unspecified atom stereocenters. The summed E-state index contributed by atoms with van der Waals surface area (Å²) in [7, 11) is 0. The van der Waals surface area contributed by atoms with E-state index in [9.17, 15) is 17.6 Å². The van der Waals surface area contributed by atoms with Gasteiger partial charge in [0, 0.05) is 10.5 Å². The largest absolute Gasteiger partial charge is 0.390 e. The lowest BCUT2D eigenvalue weighted by Crippen LogP contribution is -2.35. The highest BCUT2D eigenvalue weighted by Crippen LogP contribution is 2.24. The number of rotatable bonds is 5. The van der Waals surface area contributed by atoms with Gasteiger partial charge >= 0.3 is 6.18 Å². The highest BCUT2D eigenvalue weighted by atomic mass is 79.9. The lowest BCUT2D eigenvalue weighted by atomic mass is 10.0. The number of hydrogen-bond donors (Lipinski definition) is 1. The van der Waals surface area contributed by atoms with Crippen LogP contribution < -0.4 is 5.32 Å². The molecule has 1 nitrogen and oxygen atoms in total. The third-order valence-corrected chi connectivity index (χ3v) is 2.95. The first-order chi connectivity index (χ1) is 8.31. The van der Waals surface area contributed by atoms with Crippen LogP contribution in [0.3, 0.4) is 0 Å². The summed E-state index contributed by atoms with van der Waals surface area (Å²) in [5.74, 6) is -0.491. The Hall–Kier alpha value is -0.620. The van der Waals surface area contributed by atoms with Gasteiger partial charge in [0.25, 0.3) is 0 Å². The Kier molecular flexibility index (Phi) is 5.59. The molecule has 0 saturated carbocycles. The molecule has 0 aromatic heterocycles. The van der Waals surface area contributed by atoms with Crippen LogP contribution in [0.15, 0.2) is 22.7 Å². The van der Waals surface area contributed by atoms with Crippen molar-refractivity contribution in [2.45, 2.75) is 32.0 Å². The molecule has 0 amide bonds. The zero-order chi connectivity index (χ0) is 13.8. The van der Waals surface area contributed by atoms with Gasteiger partial charge in [0.1, 0.15) is 5.82 Å². The van der Waals surface area contributed by atoms with Crippen molar-refractivity contribution < 1.29 is 17.6 Å². The van der Waals surface area contributed by atoms with Gasteiger partial charge in [0.05, 0.1) is 6.42 Å². The number of hydrogen-bond acceptors (Lipinski definition) is 1. The zero-order valence-corrected chi connectivity index (χ0v) is 11.4. The minimum atomic E-state index is -4.25. The minimum Gasteiger partial charge on any atom is -0.314 e. The Morgan fingerprint density at radius 2 is 2.00 bits per heavy atom. The maximum absolute atomic E-state index is 13.5. The fraction of sp³-hybridized carbons (Fsp3) is 0.500. The summed E-state index contributed by atoms with van der Waals surface area (Å²) >= 11 is 3.11. The second-order valence-electron chi connectivity index (χ2n) is 4.01. The lowest BCUT2D eigenvalue weighted by Gasteiger charge is -2.19. The highest BCUT2D eigenvalue weighted by molar-refractivity contribution is 9.10. The molecule has 0 aliphatic heterocycles. The molecule has 1 aromatic carbocycles. The van der Waals surface area contributed by atoms with Crippen molar-refractivity contribution in [3.05, 3.63) is 34.1 Å². The second kappa shape index (κ2) is 6.52. The van der Waals surface area contributed by atoms with Crippen molar-refractivity contribution in [3.8, 4) is 0 Å². The van der Waals surface area contributed by atoms with E-state index >= 15 is 0 Å². The van der Waals surface area contributed by atoms with E-state index in [1.807, 2.05) is 0 Å². The summed E-state index contributed by atoms with van der Waals surface area (Å²) in [5.41, 5.74) is 0.286. The molecule has 102 valence electrons. The summed E-state index contributed by atoms with van der Waals surface area (Å²) in [6, 6.07) is 3.58. The van der Waals surface area contributed by atoms with Crippen molar-refractivity contribution in [2.75, 3.05) is 6.54 Å².